The molecule has 1 aromatic heterocycles. The molecule has 4 unspecified atom stereocenters. The summed E-state index contributed by atoms with van der Waals surface area (Å²) < 4.78 is 2.02. The molecule has 4 atom stereocenters. The Morgan fingerprint density at radius 3 is 2.96 bits per heavy atom. The first kappa shape index (κ1) is 14.7. The minimum absolute atomic E-state index is 0.0498. The monoisotopic (exact) mass is 313 g/mol. The van der Waals surface area contributed by atoms with Crippen LogP contribution in [0.2, 0.25) is 0 Å². The molecule has 0 spiro atoms. The predicted molar refractivity (Wildman–Crippen MR) is 88.1 cm³/mol. The fourth-order valence-corrected chi connectivity index (χ4v) is 4.59. The molecule has 23 heavy (non-hydrogen) atoms. The molecule has 1 heterocycles. The van der Waals surface area contributed by atoms with Gasteiger partial charge in [-0.1, -0.05) is 0 Å². The van der Waals surface area contributed by atoms with E-state index in [-0.39, 0.29) is 24.5 Å². The summed E-state index contributed by atoms with van der Waals surface area (Å²) >= 11 is 0. The summed E-state index contributed by atoms with van der Waals surface area (Å²) in [5.74, 6) is 2.22. The van der Waals surface area contributed by atoms with Crippen LogP contribution in [0.1, 0.15) is 35.4 Å². The van der Waals surface area contributed by atoms with Crippen molar-refractivity contribution >= 4 is 16.9 Å². The number of aliphatic hydroxyl groups is 1. The number of nitrogens with one attached hydrogen (secondary N) is 1. The Morgan fingerprint density at radius 1 is 1.39 bits per heavy atom. The van der Waals surface area contributed by atoms with Gasteiger partial charge >= 0.3 is 0 Å². The summed E-state index contributed by atoms with van der Waals surface area (Å²) in [6, 6.07) is 5.79. The van der Waals surface area contributed by atoms with E-state index in [4.69, 9.17) is 0 Å². The van der Waals surface area contributed by atoms with Crippen LogP contribution in [-0.4, -0.2) is 33.2 Å². The third kappa shape index (κ3) is 2.26. The Kier molecular flexibility index (Phi) is 3.41. The maximum atomic E-state index is 12.6. The molecule has 2 aliphatic carbocycles. The first-order chi connectivity index (χ1) is 11.1. The molecule has 0 radical (unpaired) electrons. The number of benzene rings is 1. The van der Waals surface area contributed by atoms with E-state index in [9.17, 15) is 9.90 Å². The summed E-state index contributed by atoms with van der Waals surface area (Å²) in [5.41, 5.74) is 2.53. The van der Waals surface area contributed by atoms with Gasteiger partial charge in [0.05, 0.1) is 11.0 Å². The highest BCUT2D eigenvalue weighted by atomic mass is 16.3. The molecule has 2 fully saturated rings. The molecule has 0 aliphatic heterocycles. The summed E-state index contributed by atoms with van der Waals surface area (Å²) in [6.45, 7) is 2.13. The Hall–Kier alpha value is -1.88. The number of imidazole rings is 1. The minimum atomic E-state index is -0.0498. The summed E-state index contributed by atoms with van der Waals surface area (Å²) in [5, 5.41) is 12.8. The number of carbonyl (C=O) groups is 1. The van der Waals surface area contributed by atoms with Crippen LogP contribution in [0.25, 0.3) is 11.0 Å². The third-order valence-corrected chi connectivity index (χ3v) is 5.96. The number of aryl methyl sites for hydroxylation is 2. The van der Waals surface area contributed by atoms with Crippen molar-refractivity contribution in [3.63, 3.8) is 0 Å². The number of aromatic nitrogens is 2. The molecule has 5 nitrogen and oxygen atoms in total. The van der Waals surface area contributed by atoms with Gasteiger partial charge in [-0.05, 0) is 56.2 Å². The lowest BCUT2D eigenvalue weighted by atomic mass is 9.85. The molecule has 1 aromatic carbocycles. The molecule has 2 aliphatic rings. The first-order valence-electron chi connectivity index (χ1n) is 8.43. The van der Waals surface area contributed by atoms with Crippen molar-refractivity contribution in [3.8, 4) is 0 Å². The van der Waals surface area contributed by atoms with Gasteiger partial charge in [0.2, 0.25) is 0 Å². The Balaban J connectivity index is 1.57. The molecule has 0 saturated heterocycles. The molecule has 4 rings (SSSR count). The van der Waals surface area contributed by atoms with E-state index in [0.717, 1.165) is 23.3 Å². The summed E-state index contributed by atoms with van der Waals surface area (Å²) in [6.07, 6.45) is 3.51. The predicted octanol–water partition coefficient (Wildman–Crippen LogP) is 2.02. The second-order valence-corrected chi connectivity index (χ2v) is 7.10. The van der Waals surface area contributed by atoms with Crippen LogP contribution in [0.15, 0.2) is 18.2 Å². The SMILES string of the molecule is Cc1nc2cc(C(=O)NC3C4CCC(C4)C3CO)ccc2n1C. The Bertz CT molecular complexity index is 767. The van der Waals surface area contributed by atoms with E-state index in [1.807, 2.05) is 36.7 Å². The highest BCUT2D eigenvalue weighted by Crippen LogP contribution is 2.48. The normalized spacial score (nSPS) is 29.3. The van der Waals surface area contributed by atoms with Crippen LogP contribution in [0.4, 0.5) is 0 Å². The van der Waals surface area contributed by atoms with Crippen LogP contribution < -0.4 is 5.32 Å². The average molecular weight is 313 g/mol. The fourth-order valence-electron chi connectivity index (χ4n) is 4.59. The second-order valence-electron chi connectivity index (χ2n) is 7.10. The molecule has 2 bridgehead atoms. The van der Waals surface area contributed by atoms with Crippen molar-refractivity contribution in [3.05, 3.63) is 29.6 Å². The highest BCUT2D eigenvalue weighted by Gasteiger charge is 2.47. The van der Waals surface area contributed by atoms with Crippen molar-refractivity contribution in [1.29, 1.82) is 0 Å². The lowest BCUT2D eigenvalue weighted by Crippen LogP contribution is -2.45. The number of nitrogens with zero attached hydrogens (tertiary/aromatic N) is 2. The van der Waals surface area contributed by atoms with Crippen LogP contribution in [0.3, 0.4) is 0 Å². The zero-order valence-corrected chi connectivity index (χ0v) is 13.6. The smallest absolute Gasteiger partial charge is 0.251 e. The zero-order valence-electron chi connectivity index (χ0n) is 13.6. The third-order valence-electron chi connectivity index (χ3n) is 5.96. The summed E-state index contributed by atoms with van der Waals surface area (Å²) in [4.78, 5) is 17.1. The van der Waals surface area contributed by atoms with E-state index < -0.39 is 0 Å². The lowest BCUT2D eigenvalue weighted by molar-refractivity contribution is 0.0861. The van der Waals surface area contributed by atoms with Crippen LogP contribution >= 0.6 is 0 Å². The fraction of sp³-hybridized carbons (Fsp3) is 0.556. The number of hydrogen-bond acceptors (Lipinski definition) is 3. The topological polar surface area (TPSA) is 67.2 Å². The largest absolute Gasteiger partial charge is 0.396 e. The van der Waals surface area contributed by atoms with Gasteiger partial charge in [0.25, 0.3) is 5.91 Å². The number of fused-ring (bicyclic) bond motifs is 3. The number of aliphatic hydroxyl groups excluding tert-OH is 1. The van der Waals surface area contributed by atoms with E-state index in [0.29, 0.717) is 17.4 Å². The van der Waals surface area contributed by atoms with Crippen molar-refractivity contribution in [2.75, 3.05) is 6.61 Å². The maximum absolute atomic E-state index is 12.6. The molecule has 2 saturated carbocycles. The van der Waals surface area contributed by atoms with Gasteiger partial charge in [0, 0.05) is 31.2 Å². The van der Waals surface area contributed by atoms with Crippen molar-refractivity contribution in [1.82, 2.24) is 14.9 Å². The van der Waals surface area contributed by atoms with Gasteiger partial charge in [0.1, 0.15) is 5.82 Å². The Morgan fingerprint density at radius 2 is 2.17 bits per heavy atom. The van der Waals surface area contributed by atoms with E-state index in [1.54, 1.807) is 0 Å². The first-order valence-corrected chi connectivity index (χ1v) is 8.43. The van der Waals surface area contributed by atoms with E-state index in [2.05, 4.69) is 10.3 Å². The van der Waals surface area contributed by atoms with Gasteiger partial charge in [0.15, 0.2) is 0 Å². The van der Waals surface area contributed by atoms with Crippen molar-refractivity contribution in [2.24, 2.45) is 24.8 Å². The van der Waals surface area contributed by atoms with Crippen molar-refractivity contribution in [2.45, 2.75) is 32.2 Å². The van der Waals surface area contributed by atoms with Crippen LogP contribution in [0, 0.1) is 24.7 Å². The van der Waals surface area contributed by atoms with E-state index in [1.165, 1.54) is 12.8 Å². The van der Waals surface area contributed by atoms with Gasteiger partial charge in [-0.3, -0.25) is 4.79 Å². The highest BCUT2D eigenvalue weighted by molar-refractivity contribution is 5.97. The van der Waals surface area contributed by atoms with E-state index >= 15 is 0 Å². The van der Waals surface area contributed by atoms with Crippen LogP contribution in [0.5, 0.6) is 0 Å². The van der Waals surface area contributed by atoms with Gasteiger partial charge in [-0.2, -0.15) is 0 Å². The standard InChI is InChI=1S/C18H23N3O2/c1-10-19-15-8-13(5-6-16(15)21(10)2)18(23)20-17-12-4-3-11(7-12)14(17)9-22/h5-6,8,11-12,14,17,22H,3-4,7,9H2,1-2H3,(H,20,23). The lowest BCUT2D eigenvalue weighted by Gasteiger charge is -2.30. The zero-order chi connectivity index (χ0) is 16.1. The molecule has 2 N–H and O–H groups in total. The molecular formula is C18H23N3O2. The van der Waals surface area contributed by atoms with Gasteiger partial charge in [-0.15, -0.1) is 0 Å². The number of rotatable bonds is 3. The molecule has 5 heteroatoms. The molecular weight excluding hydrogens is 290 g/mol. The number of carbonyl (C=O) groups excluding carboxylic acids is 1. The molecule has 1 amide bonds. The second kappa shape index (κ2) is 5.34. The average Bonchev–Trinajstić information content (AvgIpc) is 3.21. The molecule has 122 valence electrons. The number of amides is 1. The maximum Gasteiger partial charge on any atom is 0.251 e. The van der Waals surface area contributed by atoms with Crippen LogP contribution in [-0.2, 0) is 7.05 Å². The minimum Gasteiger partial charge on any atom is -0.396 e. The van der Waals surface area contributed by atoms with Gasteiger partial charge < -0.3 is 15.0 Å². The summed E-state index contributed by atoms with van der Waals surface area (Å²) in [7, 11) is 1.98. The number of hydrogen-bond donors (Lipinski definition) is 2. The quantitative estimate of drug-likeness (QED) is 0.911. The Labute approximate surface area is 135 Å². The van der Waals surface area contributed by atoms with Gasteiger partial charge in [-0.25, -0.2) is 4.98 Å². The molecule has 2 aromatic rings. The van der Waals surface area contributed by atoms with Crippen molar-refractivity contribution < 1.29 is 9.90 Å².